The number of nitrogens with two attached hydrogens (primary N) is 1. The van der Waals surface area contributed by atoms with Gasteiger partial charge in [0.15, 0.2) is 0 Å². The molecule has 1 aromatic heterocycles. The fourth-order valence-corrected chi connectivity index (χ4v) is 2.58. The third-order valence-electron chi connectivity index (χ3n) is 4.10. The lowest BCUT2D eigenvalue weighted by Gasteiger charge is -2.26. The second-order valence-corrected chi connectivity index (χ2v) is 5.01. The average Bonchev–Trinajstić information content (AvgIpc) is 2.83. The number of nitrogen functional groups attached to an aromatic ring is 1. The van der Waals surface area contributed by atoms with Crippen LogP contribution in [0, 0.1) is 5.41 Å². The lowest BCUT2D eigenvalue weighted by molar-refractivity contribution is 0.0763. The first-order chi connectivity index (χ1) is 8.60. The summed E-state index contributed by atoms with van der Waals surface area (Å²) >= 11 is 0. The van der Waals surface area contributed by atoms with Gasteiger partial charge in [0, 0.05) is 13.1 Å². The molecule has 1 fully saturated rings. The Balaban J connectivity index is 2.12. The van der Waals surface area contributed by atoms with Gasteiger partial charge in [-0.1, -0.05) is 13.8 Å². The van der Waals surface area contributed by atoms with E-state index in [9.17, 15) is 4.79 Å². The van der Waals surface area contributed by atoms with Crippen LogP contribution in [0.25, 0.3) is 0 Å². The lowest BCUT2D eigenvalue weighted by Crippen LogP contribution is -2.32. The Hall–Kier alpha value is -1.65. The van der Waals surface area contributed by atoms with Gasteiger partial charge in [-0.2, -0.15) is 0 Å². The van der Waals surface area contributed by atoms with E-state index in [1.807, 2.05) is 4.90 Å². The first kappa shape index (κ1) is 12.8. The van der Waals surface area contributed by atoms with E-state index < -0.39 is 0 Å². The number of hydrogen-bond acceptors (Lipinski definition) is 4. The highest BCUT2D eigenvalue weighted by molar-refractivity contribution is 5.92. The highest BCUT2D eigenvalue weighted by atomic mass is 16.2. The van der Waals surface area contributed by atoms with Crippen LogP contribution in [-0.4, -0.2) is 33.9 Å². The van der Waals surface area contributed by atoms with Crippen molar-refractivity contribution in [2.45, 2.75) is 33.1 Å². The summed E-state index contributed by atoms with van der Waals surface area (Å²) < 4.78 is 0. The first-order valence-corrected chi connectivity index (χ1v) is 6.47. The van der Waals surface area contributed by atoms with Gasteiger partial charge < -0.3 is 10.6 Å². The topological polar surface area (TPSA) is 72.1 Å². The van der Waals surface area contributed by atoms with E-state index in [1.165, 1.54) is 12.4 Å². The van der Waals surface area contributed by atoms with E-state index in [0.717, 1.165) is 32.4 Å². The Morgan fingerprint density at radius 3 is 2.72 bits per heavy atom. The van der Waals surface area contributed by atoms with Gasteiger partial charge >= 0.3 is 0 Å². The molecule has 98 valence electrons. The van der Waals surface area contributed by atoms with Crippen molar-refractivity contribution in [1.29, 1.82) is 0 Å². The van der Waals surface area contributed by atoms with Crippen LogP contribution in [0.2, 0.25) is 0 Å². The summed E-state index contributed by atoms with van der Waals surface area (Å²) in [6.45, 7) is 6.00. The zero-order valence-electron chi connectivity index (χ0n) is 11.0. The van der Waals surface area contributed by atoms with Crippen LogP contribution in [-0.2, 0) is 0 Å². The number of amides is 1. The summed E-state index contributed by atoms with van der Waals surface area (Å²) in [6, 6.07) is 0. The second kappa shape index (κ2) is 4.92. The fraction of sp³-hybridized carbons (Fsp3) is 0.615. The molecule has 2 rings (SSSR count). The van der Waals surface area contributed by atoms with Gasteiger partial charge in [-0.05, 0) is 24.7 Å². The Labute approximate surface area is 107 Å². The molecule has 18 heavy (non-hydrogen) atoms. The van der Waals surface area contributed by atoms with Crippen LogP contribution in [0.1, 0.15) is 43.6 Å². The van der Waals surface area contributed by atoms with Crippen molar-refractivity contribution in [3.05, 3.63) is 18.1 Å². The smallest absolute Gasteiger partial charge is 0.274 e. The van der Waals surface area contributed by atoms with Crippen LogP contribution in [0.3, 0.4) is 0 Å². The number of anilines is 1. The normalized spacial score (nSPS) is 18.0. The molecule has 0 bridgehead atoms. The molecule has 0 radical (unpaired) electrons. The van der Waals surface area contributed by atoms with Crippen LogP contribution in [0.5, 0.6) is 0 Å². The molecule has 0 atom stereocenters. The van der Waals surface area contributed by atoms with Crippen LogP contribution in [0.4, 0.5) is 5.82 Å². The minimum Gasteiger partial charge on any atom is -0.382 e. The predicted octanol–water partition coefficient (Wildman–Crippen LogP) is 1.71. The Morgan fingerprint density at radius 1 is 1.44 bits per heavy atom. The predicted molar refractivity (Wildman–Crippen MR) is 70.0 cm³/mol. The second-order valence-electron chi connectivity index (χ2n) is 5.01. The van der Waals surface area contributed by atoms with Gasteiger partial charge in [0.2, 0.25) is 0 Å². The molecule has 2 N–H and O–H groups in total. The molecule has 0 saturated carbocycles. The van der Waals surface area contributed by atoms with Crippen molar-refractivity contribution in [1.82, 2.24) is 14.9 Å². The zero-order chi connectivity index (χ0) is 13.2. The minimum absolute atomic E-state index is 0.0569. The molecule has 1 amide bonds. The number of hydrogen-bond donors (Lipinski definition) is 1. The minimum atomic E-state index is -0.0569. The average molecular weight is 248 g/mol. The molecule has 1 aliphatic heterocycles. The van der Waals surface area contributed by atoms with Crippen molar-refractivity contribution >= 4 is 11.7 Å². The quantitative estimate of drug-likeness (QED) is 0.884. The van der Waals surface area contributed by atoms with Crippen LogP contribution in [0.15, 0.2) is 12.4 Å². The molecule has 2 heterocycles. The SMILES string of the molecule is CCC1(CC)CCN(C(=O)c2cncc(N)n2)C1. The number of likely N-dealkylation sites (tertiary alicyclic amines) is 1. The van der Waals surface area contributed by atoms with E-state index in [2.05, 4.69) is 23.8 Å². The van der Waals surface area contributed by atoms with Gasteiger partial charge in [-0.3, -0.25) is 9.78 Å². The van der Waals surface area contributed by atoms with Crippen LogP contribution >= 0.6 is 0 Å². The molecular weight excluding hydrogens is 228 g/mol. The third kappa shape index (κ3) is 2.30. The number of carbonyl (C=O) groups is 1. The third-order valence-corrected chi connectivity index (χ3v) is 4.10. The van der Waals surface area contributed by atoms with Gasteiger partial charge in [-0.25, -0.2) is 4.98 Å². The molecule has 0 unspecified atom stereocenters. The van der Waals surface area contributed by atoms with E-state index in [1.54, 1.807) is 0 Å². The van der Waals surface area contributed by atoms with Crippen molar-refractivity contribution in [3.63, 3.8) is 0 Å². The maximum Gasteiger partial charge on any atom is 0.274 e. The molecule has 0 aromatic carbocycles. The summed E-state index contributed by atoms with van der Waals surface area (Å²) in [5.74, 6) is 0.232. The molecular formula is C13H20N4O. The number of nitrogens with zero attached hydrogens (tertiary/aromatic N) is 3. The molecule has 1 saturated heterocycles. The first-order valence-electron chi connectivity index (χ1n) is 6.47. The summed E-state index contributed by atoms with van der Waals surface area (Å²) in [7, 11) is 0. The van der Waals surface area contributed by atoms with Gasteiger partial charge in [0.05, 0.1) is 12.4 Å². The maximum atomic E-state index is 12.3. The Morgan fingerprint density at radius 2 is 2.17 bits per heavy atom. The summed E-state index contributed by atoms with van der Waals surface area (Å²) in [6.07, 6.45) is 6.22. The summed E-state index contributed by atoms with van der Waals surface area (Å²) in [5.41, 5.74) is 6.18. The van der Waals surface area contributed by atoms with Gasteiger partial charge in [0.1, 0.15) is 11.5 Å². The standard InChI is InChI=1S/C13H20N4O/c1-3-13(4-2)5-6-17(9-13)12(18)10-7-15-8-11(14)16-10/h7-8H,3-6,9H2,1-2H3,(H2,14,16). The van der Waals surface area contributed by atoms with Gasteiger partial charge in [0.25, 0.3) is 5.91 Å². The maximum absolute atomic E-state index is 12.3. The number of rotatable bonds is 3. The van der Waals surface area contributed by atoms with E-state index >= 15 is 0 Å². The summed E-state index contributed by atoms with van der Waals surface area (Å²) in [4.78, 5) is 22.1. The summed E-state index contributed by atoms with van der Waals surface area (Å²) in [5, 5.41) is 0. The molecule has 1 aromatic rings. The fourth-order valence-electron chi connectivity index (χ4n) is 2.58. The molecule has 1 aliphatic rings. The Bertz CT molecular complexity index is 442. The van der Waals surface area contributed by atoms with Crippen molar-refractivity contribution in [2.75, 3.05) is 18.8 Å². The number of carbonyl (C=O) groups excluding carboxylic acids is 1. The monoisotopic (exact) mass is 248 g/mol. The Kier molecular flexibility index (Phi) is 3.50. The lowest BCUT2D eigenvalue weighted by atomic mass is 9.82. The molecule has 0 aliphatic carbocycles. The molecule has 5 nitrogen and oxygen atoms in total. The number of aromatic nitrogens is 2. The highest BCUT2D eigenvalue weighted by Crippen LogP contribution is 2.37. The van der Waals surface area contributed by atoms with Crippen LogP contribution < -0.4 is 5.73 Å². The molecule has 0 spiro atoms. The van der Waals surface area contributed by atoms with E-state index in [4.69, 9.17) is 5.73 Å². The largest absolute Gasteiger partial charge is 0.382 e. The van der Waals surface area contributed by atoms with E-state index in [0.29, 0.717) is 5.69 Å². The highest BCUT2D eigenvalue weighted by Gasteiger charge is 2.37. The van der Waals surface area contributed by atoms with Crippen molar-refractivity contribution in [3.8, 4) is 0 Å². The van der Waals surface area contributed by atoms with Crippen molar-refractivity contribution < 1.29 is 4.79 Å². The van der Waals surface area contributed by atoms with E-state index in [-0.39, 0.29) is 17.1 Å². The van der Waals surface area contributed by atoms with Crippen molar-refractivity contribution in [2.24, 2.45) is 5.41 Å². The zero-order valence-corrected chi connectivity index (χ0v) is 11.0. The van der Waals surface area contributed by atoms with Gasteiger partial charge in [-0.15, -0.1) is 0 Å². The molecule has 5 heteroatoms.